The Kier molecular flexibility index (Phi) is 5.45. The second-order valence-electron chi connectivity index (χ2n) is 6.97. The predicted octanol–water partition coefficient (Wildman–Crippen LogP) is 3.74. The molecule has 1 aromatic heterocycles. The molecule has 4 rings (SSSR count). The van der Waals surface area contributed by atoms with Crippen LogP contribution in [0.1, 0.15) is 17.0 Å². The number of methoxy groups -OCH3 is 1. The van der Waals surface area contributed by atoms with Gasteiger partial charge in [-0.25, -0.2) is 8.78 Å². The number of carbonyl (C=O) groups is 1. The molecule has 0 bridgehead atoms. The van der Waals surface area contributed by atoms with E-state index in [4.69, 9.17) is 9.15 Å². The number of hydrogen-bond donors (Lipinski definition) is 2. The maximum Gasteiger partial charge on any atom is 0.416 e. The van der Waals surface area contributed by atoms with Crippen LogP contribution >= 0.6 is 0 Å². The quantitative estimate of drug-likeness (QED) is 0.571. The average molecular weight is 454 g/mol. The first-order chi connectivity index (χ1) is 15.2. The lowest BCUT2D eigenvalue weighted by atomic mass is 9.93. The van der Waals surface area contributed by atoms with E-state index in [1.165, 1.54) is 7.11 Å². The Morgan fingerprint density at radius 1 is 1.12 bits per heavy atom. The van der Waals surface area contributed by atoms with Crippen molar-refractivity contribution in [1.29, 1.82) is 0 Å². The van der Waals surface area contributed by atoms with Crippen LogP contribution in [-0.2, 0) is 11.0 Å². The van der Waals surface area contributed by atoms with Crippen molar-refractivity contribution >= 4 is 11.9 Å². The molecule has 32 heavy (non-hydrogen) atoms. The zero-order chi connectivity index (χ0) is 23.0. The van der Waals surface area contributed by atoms with Gasteiger partial charge in [0, 0.05) is 35.7 Å². The summed E-state index contributed by atoms with van der Waals surface area (Å²) >= 11 is 0. The number of nitrogens with one attached hydrogen (secondary N) is 2. The van der Waals surface area contributed by atoms with E-state index < -0.39 is 41.2 Å². The fourth-order valence-corrected chi connectivity index (χ4v) is 3.42. The lowest BCUT2D eigenvalue weighted by Gasteiger charge is -2.19. The molecule has 1 fully saturated rings. The highest BCUT2D eigenvalue weighted by Crippen LogP contribution is 2.34. The number of amides is 1. The van der Waals surface area contributed by atoms with Crippen LogP contribution in [0.25, 0.3) is 11.5 Å². The largest absolute Gasteiger partial charge is 0.497 e. The third-order valence-electron chi connectivity index (χ3n) is 5.00. The molecule has 12 heteroatoms. The molecule has 1 aliphatic heterocycles. The van der Waals surface area contributed by atoms with Gasteiger partial charge in [-0.3, -0.25) is 4.79 Å². The van der Waals surface area contributed by atoms with Crippen LogP contribution in [0.2, 0.25) is 0 Å². The van der Waals surface area contributed by atoms with Gasteiger partial charge >= 0.3 is 12.2 Å². The summed E-state index contributed by atoms with van der Waals surface area (Å²) in [6.07, 6.45) is -4.49. The monoisotopic (exact) mass is 454 g/mol. The van der Waals surface area contributed by atoms with Crippen LogP contribution in [-0.4, -0.2) is 35.8 Å². The Balaban J connectivity index is 1.56. The van der Waals surface area contributed by atoms with Gasteiger partial charge in [0.1, 0.15) is 23.4 Å². The number of ether oxygens (including phenoxy) is 1. The van der Waals surface area contributed by atoms with Gasteiger partial charge in [-0.2, -0.15) is 13.2 Å². The highest BCUT2D eigenvalue weighted by molar-refractivity contribution is 5.88. The lowest BCUT2D eigenvalue weighted by molar-refractivity contribution is -0.137. The van der Waals surface area contributed by atoms with Gasteiger partial charge in [-0.15, -0.1) is 5.10 Å². The van der Waals surface area contributed by atoms with E-state index in [1.807, 2.05) is 0 Å². The van der Waals surface area contributed by atoms with Crippen LogP contribution in [0.15, 0.2) is 40.8 Å². The summed E-state index contributed by atoms with van der Waals surface area (Å²) in [5.74, 6) is -3.35. The third-order valence-corrected chi connectivity index (χ3v) is 5.00. The molecule has 2 aromatic carbocycles. The van der Waals surface area contributed by atoms with E-state index in [1.54, 1.807) is 0 Å². The number of carbonyl (C=O) groups excluding carboxylic acids is 1. The number of nitrogens with zero attached hydrogens (tertiary/aromatic N) is 2. The molecule has 0 aliphatic carbocycles. The van der Waals surface area contributed by atoms with E-state index >= 15 is 0 Å². The summed E-state index contributed by atoms with van der Waals surface area (Å²) in [6, 6.07) is 4.70. The molecular weight excluding hydrogens is 439 g/mol. The number of rotatable bonds is 5. The average Bonchev–Trinajstić information content (AvgIpc) is 3.35. The Bertz CT molecular complexity index is 1120. The summed E-state index contributed by atoms with van der Waals surface area (Å²) in [5.41, 5.74) is -0.935. The van der Waals surface area contributed by atoms with E-state index in [2.05, 4.69) is 20.8 Å². The smallest absolute Gasteiger partial charge is 0.416 e. The van der Waals surface area contributed by atoms with E-state index in [0.717, 1.165) is 36.4 Å². The van der Waals surface area contributed by atoms with Gasteiger partial charge in [0.15, 0.2) is 0 Å². The minimum absolute atomic E-state index is 0.0105. The van der Waals surface area contributed by atoms with Gasteiger partial charge in [-0.05, 0) is 24.3 Å². The van der Waals surface area contributed by atoms with Crippen LogP contribution in [0.4, 0.5) is 28.0 Å². The van der Waals surface area contributed by atoms with Crippen molar-refractivity contribution < 1.29 is 35.9 Å². The van der Waals surface area contributed by atoms with Gasteiger partial charge < -0.3 is 19.8 Å². The minimum Gasteiger partial charge on any atom is -0.497 e. The first kappa shape index (κ1) is 21.5. The summed E-state index contributed by atoms with van der Waals surface area (Å²) in [6.45, 7) is -0.0451. The fraction of sp³-hybridized carbons (Fsp3) is 0.250. The van der Waals surface area contributed by atoms with Crippen LogP contribution in [0.5, 0.6) is 5.75 Å². The molecule has 1 amide bonds. The van der Waals surface area contributed by atoms with Crippen molar-refractivity contribution in [3.63, 3.8) is 0 Å². The molecule has 0 saturated carbocycles. The normalized spacial score (nSPS) is 18.5. The molecule has 0 spiro atoms. The maximum absolute atomic E-state index is 14.5. The first-order valence-electron chi connectivity index (χ1n) is 9.25. The van der Waals surface area contributed by atoms with Crippen molar-refractivity contribution in [2.75, 3.05) is 19.0 Å². The molecule has 0 unspecified atom stereocenters. The molecule has 2 heterocycles. The molecule has 2 N–H and O–H groups in total. The van der Waals surface area contributed by atoms with Crippen molar-refractivity contribution in [3.8, 4) is 17.2 Å². The van der Waals surface area contributed by atoms with E-state index in [0.29, 0.717) is 0 Å². The Morgan fingerprint density at radius 3 is 2.38 bits per heavy atom. The Labute approximate surface area is 177 Å². The van der Waals surface area contributed by atoms with Gasteiger partial charge in [0.25, 0.3) is 0 Å². The molecule has 168 valence electrons. The summed E-state index contributed by atoms with van der Waals surface area (Å²) in [5, 5.41) is 12.6. The van der Waals surface area contributed by atoms with Crippen molar-refractivity contribution in [1.82, 2.24) is 15.5 Å². The summed E-state index contributed by atoms with van der Waals surface area (Å²) < 4.78 is 77.4. The van der Waals surface area contributed by atoms with Crippen molar-refractivity contribution in [2.24, 2.45) is 0 Å². The number of anilines is 1. The van der Waals surface area contributed by atoms with Crippen LogP contribution in [0.3, 0.4) is 0 Å². The topological polar surface area (TPSA) is 89.3 Å². The van der Waals surface area contributed by atoms with Crippen LogP contribution in [0, 0.1) is 11.6 Å². The SMILES string of the molecule is COc1cc(F)c([C@@H]2CNC(=O)[C@H]2Nc2nnc(-c3ccc(C(F)(F)F)cc3)o2)c(F)c1. The van der Waals surface area contributed by atoms with Gasteiger partial charge in [-0.1, -0.05) is 5.10 Å². The lowest BCUT2D eigenvalue weighted by Crippen LogP contribution is -2.33. The zero-order valence-electron chi connectivity index (χ0n) is 16.3. The fourth-order valence-electron chi connectivity index (χ4n) is 3.42. The molecule has 0 radical (unpaired) electrons. The van der Waals surface area contributed by atoms with Gasteiger partial charge in [0.2, 0.25) is 11.8 Å². The Morgan fingerprint density at radius 2 is 1.78 bits per heavy atom. The van der Waals surface area contributed by atoms with Crippen molar-refractivity contribution in [3.05, 3.63) is 59.2 Å². The molecule has 7 nitrogen and oxygen atoms in total. The molecular formula is C20H15F5N4O3. The van der Waals surface area contributed by atoms with Crippen LogP contribution < -0.4 is 15.4 Å². The highest BCUT2D eigenvalue weighted by Gasteiger charge is 2.40. The number of hydrogen-bond acceptors (Lipinski definition) is 6. The summed E-state index contributed by atoms with van der Waals surface area (Å²) in [7, 11) is 1.27. The first-order valence-corrected chi connectivity index (χ1v) is 9.25. The predicted molar refractivity (Wildman–Crippen MR) is 101 cm³/mol. The standard InChI is InChI=1S/C20H15F5N4O3/c1-31-11-6-13(21)15(14(22)7-11)12-8-26-17(30)16(12)27-19-29-28-18(32-19)9-2-4-10(5-3-9)20(23,24)25/h2-7,12,16H,8H2,1H3,(H,26,30)(H,27,29)/t12-,16-/m0/s1. The minimum atomic E-state index is -4.49. The van der Waals surface area contributed by atoms with Crippen molar-refractivity contribution in [2.45, 2.75) is 18.1 Å². The van der Waals surface area contributed by atoms with E-state index in [9.17, 15) is 26.7 Å². The molecule has 3 aromatic rings. The molecule has 1 saturated heterocycles. The number of benzene rings is 2. The second kappa shape index (κ2) is 8.09. The third kappa shape index (κ3) is 4.07. The zero-order valence-corrected chi connectivity index (χ0v) is 16.3. The number of halogens is 5. The molecule has 1 aliphatic rings. The molecule has 2 atom stereocenters. The number of alkyl halides is 3. The number of aromatic nitrogens is 2. The second-order valence-corrected chi connectivity index (χ2v) is 6.97. The highest BCUT2D eigenvalue weighted by atomic mass is 19.4. The Hall–Kier alpha value is -3.70. The van der Waals surface area contributed by atoms with Gasteiger partial charge in [0.05, 0.1) is 12.7 Å². The summed E-state index contributed by atoms with van der Waals surface area (Å²) in [4.78, 5) is 12.3. The van der Waals surface area contributed by atoms with E-state index in [-0.39, 0.29) is 35.3 Å². The maximum atomic E-state index is 14.5.